The molecular formula is C11H15N3O3. The quantitative estimate of drug-likeness (QED) is 0.493. The van der Waals surface area contributed by atoms with Gasteiger partial charge >= 0.3 is 5.82 Å². The van der Waals surface area contributed by atoms with E-state index in [2.05, 4.69) is 4.98 Å². The van der Waals surface area contributed by atoms with Crippen molar-refractivity contribution in [1.82, 2.24) is 9.88 Å². The van der Waals surface area contributed by atoms with Crippen LogP contribution in [0, 0.1) is 24.0 Å². The fourth-order valence-electron chi connectivity index (χ4n) is 1.48. The van der Waals surface area contributed by atoms with Gasteiger partial charge in [0.2, 0.25) is 5.91 Å². The molecule has 0 aliphatic heterocycles. The monoisotopic (exact) mass is 237 g/mol. The molecule has 1 heterocycles. The average molecular weight is 237 g/mol. The zero-order valence-electron chi connectivity index (χ0n) is 10.3. The Bertz CT molecular complexity index is 486. The molecule has 17 heavy (non-hydrogen) atoms. The zero-order chi connectivity index (χ0) is 13.2. The number of aryl methyl sites for hydroxylation is 1. The Morgan fingerprint density at radius 3 is 2.41 bits per heavy atom. The van der Waals surface area contributed by atoms with Crippen LogP contribution in [0.3, 0.4) is 0 Å². The second kappa shape index (κ2) is 4.82. The molecule has 0 aliphatic carbocycles. The number of carbonyl (C=O) groups is 1. The van der Waals surface area contributed by atoms with Gasteiger partial charge < -0.3 is 15.0 Å². The molecule has 1 N–H and O–H groups in total. The average Bonchev–Trinajstić information content (AvgIpc) is 2.51. The number of H-pyrrole nitrogens is 1. The van der Waals surface area contributed by atoms with Gasteiger partial charge in [-0.15, -0.1) is 0 Å². The summed E-state index contributed by atoms with van der Waals surface area (Å²) in [4.78, 5) is 25.7. The van der Waals surface area contributed by atoms with Gasteiger partial charge in [0, 0.05) is 25.7 Å². The van der Waals surface area contributed by atoms with Gasteiger partial charge in [-0.05, 0) is 24.8 Å². The summed E-state index contributed by atoms with van der Waals surface area (Å²) in [7, 11) is 3.29. The molecule has 1 aromatic rings. The molecule has 0 unspecified atom stereocenters. The van der Waals surface area contributed by atoms with Crippen LogP contribution in [0.2, 0.25) is 0 Å². The van der Waals surface area contributed by atoms with Crippen LogP contribution < -0.4 is 0 Å². The molecular weight excluding hydrogens is 222 g/mol. The number of hydrogen-bond donors (Lipinski definition) is 1. The summed E-state index contributed by atoms with van der Waals surface area (Å²) in [5.41, 5.74) is 1.90. The third-order valence-electron chi connectivity index (χ3n) is 2.49. The number of nitro groups is 1. The number of carbonyl (C=O) groups excluding carboxylic acids is 1. The molecule has 0 radical (unpaired) electrons. The van der Waals surface area contributed by atoms with E-state index in [9.17, 15) is 14.9 Å². The molecule has 1 amide bonds. The SMILES string of the molecule is Cc1[nH]c([N+](=O)[O-])c(C)c1C=CC(=O)N(C)C. The molecule has 0 spiro atoms. The van der Waals surface area contributed by atoms with Crippen molar-refractivity contribution in [3.8, 4) is 0 Å². The summed E-state index contributed by atoms with van der Waals surface area (Å²) in [6.07, 6.45) is 2.99. The molecule has 0 aromatic carbocycles. The Kier molecular flexibility index (Phi) is 3.67. The summed E-state index contributed by atoms with van der Waals surface area (Å²) < 4.78 is 0. The van der Waals surface area contributed by atoms with Crippen LogP contribution in [0.4, 0.5) is 5.82 Å². The summed E-state index contributed by atoms with van der Waals surface area (Å²) in [6, 6.07) is 0. The van der Waals surface area contributed by atoms with Gasteiger partial charge in [0.05, 0.1) is 5.56 Å². The van der Waals surface area contributed by atoms with Gasteiger partial charge in [-0.3, -0.25) is 4.79 Å². The largest absolute Gasteiger partial charge is 0.358 e. The second-order valence-corrected chi connectivity index (χ2v) is 3.96. The molecule has 1 rings (SSSR count). The third-order valence-corrected chi connectivity index (χ3v) is 2.49. The highest BCUT2D eigenvalue weighted by Crippen LogP contribution is 2.24. The van der Waals surface area contributed by atoms with E-state index in [4.69, 9.17) is 0 Å². The van der Waals surface area contributed by atoms with Crippen molar-refractivity contribution in [2.45, 2.75) is 13.8 Å². The Morgan fingerprint density at radius 1 is 1.41 bits per heavy atom. The lowest BCUT2D eigenvalue weighted by Crippen LogP contribution is -2.18. The van der Waals surface area contributed by atoms with Gasteiger partial charge in [0.15, 0.2) is 0 Å². The Labute approximate surface area is 99.1 Å². The van der Waals surface area contributed by atoms with Gasteiger partial charge in [0.25, 0.3) is 0 Å². The fraction of sp³-hybridized carbons (Fsp3) is 0.364. The first-order valence-corrected chi connectivity index (χ1v) is 5.07. The van der Waals surface area contributed by atoms with Gasteiger partial charge in [-0.25, -0.2) is 4.98 Å². The van der Waals surface area contributed by atoms with E-state index in [0.29, 0.717) is 16.8 Å². The van der Waals surface area contributed by atoms with Crippen molar-refractivity contribution in [1.29, 1.82) is 0 Å². The maximum absolute atomic E-state index is 11.4. The van der Waals surface area contributed by atoms with Crippen molar-refractivity contribution >= 4 is 17.8 Å². The van der Waals surface area contributed by atoms with Crippen molar-refractivity contribution in [2.24, 2.45) is 0 Å². The molecule has 0 fully saturated rings. The Balaban J connectivity index is 3.08. The molecule has 0 atom stereocenters. The number of nitrogens with one attached hydrogen (secondary N) is 1. The van der Waals surface area contributed by atoms with E-state index in [1.807, 2.05) is 0 Å². The minimum atomic E-state index is -0.465. The summed E-state index contributed by atoms with van der Waals surface area (Å²) in [5.74, 6) is -0.188. The highest BCUT2D eigenvalue weighted by Gasteiger charge is 2.18. The molecule has 0 aliphatic rings. The van der Waals surface area contributed by atoms with E-state index in [-0.39, 0.29) is 11.7 Å². The smallest absolute Gasteiger partial charge is 0.324 e. The van der Waals surface area contributed by atoms with Crippen LogP contribution in [-0.4, -0.2) is 34.8 Å². The predicted octanol–water partition coefficient (Wildman–Crippen LogP) is 1.64. The number of rotatable bonds is 3. The number of likely N-dealkylation sites (N-methyl/N-ethyl adjacent to an activating group) is 1. The van der Waals surface area contributed by atoms with Crippen molar-refractivity contribution in [2.75, 3.05) is 14.1 Å². The maximum Gasteiger partial charge on any atom is 0.324 e. The highest BCUT2D eigenvalue weighted by atomic mass is 16.6. The van der Waals surface area contributed by atoms with Gasteiger partial charge in [-0.1, -0.05) is 0 Å². The summed E-state index contributed by atoms with van der Waals surface area (Å²) >= 11 is 0. The number of aromatic nitrogens is 1. The van der Waals surface area contributed by atoms with E-state index in [1.54, 1.807) is 34.0 Å². The first kappa shape index (κ1) is 13.0. The van der Waals surface area contributed by atoms with Crippen LogP contribution in [0.1, 0.15) is 16.8 Å². The van der Waals surface area contributed by atoms with Crippen LogP contribution in [0.5, 0.6) is 0 Å². The number of nitrogens with zero attached hydrogens (tertiary/aromatic N) is 2. The topological polar surface area (TPSA) is 79.2 Å². The number of hydrogen-bond acceptors (Lipinski definition) is 3. The number of aromatic amines is 1. The lowest BCUT2D eigenvalue weighted by molar-refractivity contribution is -0.389. The van der Waals surface area contributed by atoms with Crippen LogP contribution >= 0.6 is 0 Å². The highest BCUT2D eigenvalue weighted by molar-refractivity contribution is 5.92. The summed E-state index contributed by atoms with van der Waals surface area (Å²) in [5, 5.41) is 10.7. The van der Waals surface area contributed by atoms with Crippen molar-refractivity contribution in [3.63, 3.8) is 0 Å². The molecule has 0 saturated carbocycles. The normalized spacial score (nSPS) is 10.8. The Hall–Kier alpha value is -2.11. The zero-order valence-corrected chi connectivity index (χ0v) is 10.3. The van der Waals surface area contributed by atoms with E-state index < -0.39 is 4.92 Å². The standard InChI is InChI=1S/C11H15N3O3/c1-7-9(5-6-10(15)13(3)4)8(2)12-11(7)14(16)17/h5-6,12H,1-4H3. The maximum atomic E-state index is 11.4. The van der Waals surface area contributed by atoms with E-state index >= 15 is 0 Å². The van der Waals surface area contributed by atoms with Crippen LogP contribution in [0.25, 0.3) is 6.08 Å². The molecule has 6 heteroatoms. The fourth-order valence-corrected chi connectivity index (χ4v) is 1.48. The van der Waals surface area contributed by atoms with Gasteiger partial charge in [0.1, 0.15) is 5.69 Å². The summed E-state index contributed by atoms with van der Waals surface area (Å²) in [6.45, 7) is 3.39. The molecule has 1 aromatic heterocycles. The molecule has 0 saturated heterocycles. The van der Waals surface area contributed by atoms with Gasteiger partial charge in [-0.2, -0.15) is 0 Å². The third kappa shape index (κ3) is 2.72. The van der Waals surface area contributed by atoms with Crippen molar-refractivity contribution < 1.29 is 9.72 Å². The first-order valence-electron chi connectivity index (χ1n) is 5.07. The molecule has 6 nitrogen and oxygen atoms in total. The molecule has 92 valence electrons. The van der Waals surface area contributed by atoms with Crippen molar-refractivity contribution in [3.05, 3.63) is 33.0 Å². The predicted molar refractivity (Wildman–Crippen MR) is 64.6 cm³/mol. The Morgan fingerprint density at radius 2 is 2.00 bits per heavy atom. The minimum Gasteiger partial charge on any atom is -0.358 e. The van der Waals surface area contributed by atoms with E-state index in [1.165, 1.54) is 11.0 Å². The minimum absolute atomic E-state index is 0.0283. The second-order valence-electron chi connectivity index (χ2n) is 3.96. The van der Waals surface area contributed by atoms with Crippen LogP contribution in [0.15, 0.2) is 6.08 Å². The lowest BCUT2D eigenvalue weighted by Gasteiger charge is -2.04. The number of amides is 1. The molecule has 0 bridgehead atoms. The first-order chi connectivity index (χ1) is 7.84. The van der Waals surface area contributed by atoms with Crippen LogP contribution in [-0.2, 0) is 4.79 Å². The van der Waals surface area contributed by atoms with E-state index in [0.717, 1.165) is 0 Å². The lowest BCUT2D eigenvalue weighted by atomic mass is 10.1.